The lowest BCUT2D eigenvalue weighted by Gasteiger charge is -2.17. The quantitative estimate of drug-likeness (QED) is 0.759. The Balaban J connectivity index is 1.84. The molecule has 0 bridgehead atoms. The molecule has 2 rings (SSSR count). The Labute approximate surface area is 151 Å². The first-order chi connectivity index (χ1) is 11.9. The number of hydrogen-bond acceptors (Lipinski definition) is 6. The van der Waals surface area contributed by atoms with Crippen LogP contribution in [-0.4, -0.2) is 56.3 Å². The first-order valence-corrected chi connectivity index (χ1v) is 9.15. The summed E-state index contributed by atoms with van der Waals surface area (Å²) in [5.41, 5.74) is 1.24. The van der Waals surface area contributed by atoms with Crippen LogP contribution in [0.5, 0.6) is 0 Å². The molecule has 0 unspecified atom stereocenters. The minimum Gasteiger partial charge on any atom is -0.350 e. The number of carbonyl (C=O) groups is 2. The molecule has 0 aliphatic rings. The smallest absolute Gasteiger partial charge is 0.273 e. The molecule has 0 fully saturated rings. The number of thiazole rings is 1. The Bertz CT molecular complexity index is 715. The van der Waals surface area contributed by atoms with Gasteiger partial charge in [-0.3, -0.25) is 9.59 Å². The lowest BCUT2D eigenvalue weighted by Crippen LogP contribution is -2.33. The van der Waals surface area contributed by atoms with E-state index in [1.165, 1.54) is 15.8 Å². The van der Waals surface area contributed by atoms with E-state index in [0.29, 0.717) is 26.1 Å². The van der Waals surface area contributed by atoms with E-state index in [9.17, 15) is 9.59 Å². The van der Waals surface area contributed by atoms with Crippen molar-refractivity contribution in [1.29, 1.82) is 0 Å². The maximum atomic E-state index is 12.1. The van der Waals surface area contributed by atoms with Crippen molar-refractivity contribution in [2.24, 2.45) is 0 Å². The lowest BCUT2D eigenvalue weighted by atomic mass is 10.4. The average molecular weight is 364 g/mol. The molecule has 0 aromatic carbocycles. The van der Waals surface area contributed by atoms with Crippen LogP contribution in [0.3, 0.4) is 0 Å². The highest BCUT2D eigenvalue weighted by Gasteiger charge is 2.15. The summed E-state index contributed by atoms with van der Waals surface area (Å²) in [4.78, 5) is 31.5. The van der Waals surface area contributed by atoms with E-state index in [4.69, 9.17) is 0 Å². The van der Waals surface area contributed by atoms with Gasteiger partial charge in [0.2, 0.25) is 5.91 Å². The van der Waals surface area contributed by atoms with Gasteiger partial charge in [0, 0.05) is 30.9 Å². The highest BCUT2D eigenvalue weighted by molar-refractivity contribution is 7.11. The molecule has 0 spiro atoms. The largest absolute Gasteiger partial charge is 0.350 e. The molecular formula is C16H24N6O2S. The van der Waals surface area contributed by atoms with Crippen LogP contribution in [0, 0.1) is 13.8 Å². The number of amides is 2. The number of nitrogens with one attached hydrogen (secondary N) is 1. The van der Waals surface area contributed by atoms with E-state index in [1.54, 1.807) is 16.2 Å². The maximum Gasteiger partial charge on any atom is 0.273 e. The predicted octanol–water partition coefficient (Wildman–Crippen LogP) is 1.19. The summed E-state index contributed by atoms with van der Waals surface area (Å²) in [5.74, 6) is -0.345. The highest BCUT2D eigenvalue weighted by atomic mass is 32.1. The number of nitrogens with zero attached hydrogens (tertiary/aromatic N) is 5. The van der Waals surface area contributed by atoms with Crippen molar-refractivity contribution < 1.29 is 9.59 Å². The Morgan fingerprint density at radius 1 is 1.28 bits per heavy atom. The first-order valence-electron chi connectivity index (χ1n) is 8.33. The van der Waals surface area contributed by atoms with Gasteiger partial charge in [0.05, 0.1) is 16.9 Å². The van der Waals surface area contributed by atoms with Gasteiger partial charge in [-0.2, -0.15) is 0 Å². The molecule has 0 radical (unpaired) electrons. The molecule has 9 heteroatoms. The van der Waals surface area contributed by atoms with Crippen molar-refractivity contribution >= 4 is 23.2 Å². The summed E-state index contributed by atoms with van der Waals surface area (Å²) in [6.45, 7) is 9.72. The number of rotatable bonds is 8. The van der Waals surface area contributed by atoms with Crippen LogP contribution >= 0.6 is 11.3 Å². The van der Waals surface area contributed by atoms with Gasteiger partial charge in [-0.15, -0.1) is 16.4 Å². The van der Waals surface area contributed by atoms with Crippen LogP contribution < -0.4 is 5.32 Å². The van der Waals surface area contributed by atoms with Crippen molar-refractivity contribution in [3.63, 3.8) is 0 Å². The van der Waals surface area contributed by atoms with E-state index in [2.05, 4.69) is 20.6 Å². The van der Waals surface area contributed by atoms with E-state index in [-0.39, 0.29) is 24.1 Å². The minimum absolute atomic E-state index is 0.0450. The third kappa shape index (κ3) is 5.09. The molecule has 136 valence electrons. The average Bonchev–Trinajstić information content (AvgIpc) is 3.15. The Kier molecular flexibility index (Phi) is 6.63. The predicted molar refractivity (Wildman–Crippen MR) is 95.6 cm³/mol. The van der Waals surface area contributed by atoms with Gasteiger partial charge in [-0.1, -0.05) is 5.21 Å². The first kappa shape index (κ1) is 19.0. The Hall–Kier alpha value is -2.29. The minimum atomic E-state index is -0.300. The summed E-state index contributed by atoms with van der Waals surface area (Å²) in [5, 5.41) is 11.5. The third-order valence-electron chi connectivity index (χ3n) is 3.88. The van der Waals surface area contributed by atoms with E-state index in [1.807, 2.05) is 27.7 Å². The van der Waals surface area contributed by atoms with Crippen molar-refractivity contribution in [3.8, 4) is 0 Å². The van der Waals surface area contributed by atoms with Gasteiger partial charge in [-0.25, -0.2) is 9.67 Å². The molecule has 8 nitrogen and oxygen atoms in total. The number of aryl methyl sites for hydroxylation is 2. The van der Waals surface area contributed by atoms with Crippen LogP contribution in [0.15, 0.2) is 6.20 Å². The van der Waals surface area contributed by atoms with Gasteiger partial charge in [-0.05, 0) is 27.7 Å². The highest BCUT2D eigenvalue weighted by Crippen LogP contribution is 2.16. The fraction of sp³-hybridized carbons (Fsp3) is 0.562. The van der Waals surface area contributed by atoms with Crippen LogP contribution in [-0.2, 0) is 17.8 Å². The topological polar surface area (TPSA) is 93.0 Å². The van der Waals surface area contributed by atoms with Crippen molar-refractivity contribution in [2.75, 3.05) is 19.6 Å². The van der Waals surface area contributed by atoms with Crippen molar-refractivity contribution in [2.45, 2.75) is 40.7 Å². The molecule has 0 saturated heterocycles. The maximum absolute atomic E-state index is 12.1. The van der Waals surface area contributed by atoms with E-state index >= 15 is 0 Å². The van der Waals surface area contributed by atoms with Crippen LogP contribution in [0.25, 0.3) is 0 Å². The third-order valence-corrected chi connectivity index (χ3v) is 5.01. The van der Waals surface area contributed by atoms with Gasteiger partial charge >= 0.3 is 0 Å². The van der Waals surface area contributed by atoms with Crippen molar-refractivity contribution in [3.05, 3.63) is 27.5 Å². The van der Waals surface area contributed by atoms with E-state index < -0.39 is 0 Å². The summed E-state index contributed by atoms with van der Waals surface area (Å²) >= 11 is 1.64. The van der Waals surface area contributed by atoms with Gasteiger partial charge in [0.25, 0.3) is 5.91 Å². The second-order valence-electron chi connectivity index (χ2n) is 5.62. The summed E-state index contributed by atoms with van der Waals surface area (Å²) in [6, 6.07) is 0. The molecule has 0 aliphatic carbocycles. The fourth-order valence-corrected chi connectivity index (χ4v) is 3.25. The second kappa shape index (κ2) is 8.70. The number of carbonyl (C=O) groups excluding carboxylic acids is 2. The lowest BCUT2D eigenvalue weighted by molar-refractivity contribution is -0.131. The summed E-state index contributed by atoms with van der Waals surface area (Å²) < 4.78 is 1.39. The molecule has 0 saturated carbocycles. The summed E-state index contributed by atoms with van der Waals surface area (Å²) in [7, 11) is 0. The zero-order chi connectivity index (χ0) is 18.4. The zero-order valence-corrected chi connectivity index (χ0v) is 15.9. The van der Waals surface area contributed by atoms with Crippen LogP contribution in [0.2, 0.25) is 0 Å². The Morgan fingerprint density at radius 3 is 2.60 bits per heavy atom. The molecule has 2 aromatic heterocycles. The molecule has 0 aliphatic heterocycles. The van der Waals surface area contributed by atoms with Gasteiger partial charge in [0.15, 0.2) is 5.69 Å². The Morgan fingerprint density at radius 2 is 2.00 bits per heavy atom. The van der Waals surface area contributed by atoms with Crippen LogP contribution in [0.4, 0.5) is 0 Å². The fourth-order valence-electron chi connectivity index (χ4n) is 2.31. The monoisotopic (exact) mass is 364 g/mol. The number of aromatic nitrogens is 4. The molecule has 2 amide bonds. The van der Waals surface area contributed by atoms with Crippen molar-refractivity contribution in [1.82, 2.24) is 30.2 Å². The van der Waals surface area contributed by atoms with Gasteiger partial charge in [0.1, 0.15) is 6.54 Å². The number of hydrogen-bond donors (Lipinski definition) is 1. The SMILES string of the molecule is CCN(CC)C(=O)Cn1cc(C(=O)NCCc2nc(C)c(C)s2)nn1. The number of likely N-dealkylation sites (N-methyl/N-ethyl adjacent to an activating group) is 1. The van der Waals surface area contributed by atoms with Gasteiger partial charge < -0.3 is 10.2 Å². The van der Waals surface area contributed by atoms with E-state index in [0.717, 1.165) is 10.7 Å². The zero-order valence-electron chi connectivity index (χ0n) is 15.1. The molecule has 2 heterocycles. The molecule has 0 atom stereocenters. The van der Waals surface area contributed by atoms with Crippen LogP contribution in [0.1, 0.15) is 39.9 Å². The molecule has 25 heavy (non-hydrogen) atoms. The standard InChI is InChI=1S/C16H24N6O2S/c1-5-21(6-2)15(23)10-22-9-13(19-20-22)16(24)17-8-7-14-18-11(3)12(4)25-14/h9H,5-8,10H2,1-4H3,(H,17,24). The molecule has 1 N–H and O–H groups in total. The molecule has 2 aromatic rings. The normalized spacial score (nSPS) is 10.7. The molecular weight excluding hydrogens is 340 g/mol. The second-order valence-corrected chi connectivity index (χ2v) is 6.91. The summed E-state index contributed by atoms with van der Waals surface area (Å²) in [6.07, 6.45) is 2.17.